The summed E-state index contributed by atoms with van der Waals surface area (Å²) in [7, 11) is 0. The summed E-state index contributed by atoms with van der Waals surface area (Å²) in [5.41, 5.74) is 3.08. The lowest BCUT2D eigenvalue weighted by Gasteiger charge is -2.15. The summed E-state index contributed by atoms with van der Waals surface area (Å²) in [4.78, 5) is 27.2. The first kappa shape index (κ1) is 18.8. The summed E-state index contributed by atoms with van der Waals surface area (Å²) in [6.07, 6.45) is 5.35. The van der Waals surface area contributed by atoms with Gasteiger partial charge in [-0.15, -0.1) is 0 Å². The van der Waals surface area contributed by atoms with E-state index in [1.54, 1.807) is 6.07 Å². The van der Waals surface area contributed by atoms with Crippen molar-refractivity contribution in [1.82, 2.24) is 10.3 Å². The van der Waals surface area contributed by atoms with Gasteiger partial charge in [0.05, 0.1) is 11.6 Å². The van der Waals surface area contributed by atoms with Gasteiger partial charge >= 0.3 is 0 Å². The van der Waals surface area contributed by atoms with Gasteiger partial charge in [0.2, 0.25) is 5.91 Å². The molecule has 1 aliphatic heterocycles. The highest BCUT2D eigenvalue weighted by atomic mass is 35.5. The summed E-state index contributed by atoms with van der Waals surface area (Å²) >= 11 is 6.56. The molecule has 146 valence electrons. The quantitative estimate of drug-likeness (QED) is 0.772. The SMILES string of the molecule is CCOc1ccc(/C(=C/[C@H]2CCC(=O)N2)c2ccc(C3CC3)c(=O)[nH]2)c(Cl)c1. The molecule has 1 aromatic carbocycles. The Labute approximate surface area is 168 Å². The Morgan fingerprint density at radius 3 is 2.64 bits per heavy atom. The Bertz CT molecular complexity index is 992. The van der Waals surface area contributed by atoms with Crippen LogP contribution in [0.3, 0.4) is 0 Å². The van der Waals surface area contributed by atoms with Gasteiger partial charge in [-0.05, 0) is 56.4 Å². The van der Waals surface area contributed by atoms with E-state index in [-0.39, 0.29) is 17.5 Å². The molecule has 2 fully saturated rings. The maximum atomic E-state index is 12.6. The maximum Gasteiger partial charge on any atom is 0.251 e. The molecule has 0 unspecified atom stereocenters. The van der Waals surface area contributed by atoms with Crippen LogP contribution in [0.4, 0.5) is 0 Å². The fraction of sp³-hybridized carbons (Fsp3) is 0.364. The monoisotopic (exact) mass is 398 g/mol. The van der Waals surface area contributed by atoms with Crippen LogP contribution in [0.25, 0.3) is 5.57 Å². The number of benzene rings is 1. The van der Waals surface area contributed by atoms with Crippen LogP contribution in [-0.2, 0) is 4.79 Å². The van der Waals surface area contributed by atoms with Crippen molar-refractivity contribution in [3.8, 4) is 5.75 Å². The van der Waals surface area contributed by atoms with E-state index in [4.69, 9.17) is 16.3 Å². The average Bonchev–Trinajstić information content (AvgIpc) is 3.42. The molecule has 2 aromatic rings. The Kier molecular flexibility index (Phi) is 5.27. The van der Waals surface area contributed by atoms with Crippen LogP contribution >= 0.6 is 11.6 Å². The van der Waals surface area contributed by atoms with Crippen molar-refractivity contribution in [2.24, 2.45) is 0 Å². The summed E-state index contributed by atoms with van der Waals surface area (Å²) < 4.78 is 5.52. The van der Waals surface area contributed by atoms with E-state index in [9.17, 15) is 9.59 Å². The van der Waals surface area contributed by atoms with Crippen LogP contribution in [0.1, 0.15) is 55.3 Å². The Hall–Kier alpha value is -2.53. The number of carbonyl (C=O) groups excluding carboxylic acids is 1. The number of aromatic nitrogens is 1. The van der Waals surface area contributed by atoms with Crippen LogP contribution in [0.2, 0.25) is 5.02 Å². The number of nitrogens with one attached hydrogen (secondary N) is 2. The second-order valence-corrected chi connectivity index (χ2v) is 7.71. The number of hydrogen-bond donors (Lipinski definition) is 2. The number of pyridine rings is 1. The Morgan fingerprint density at radius 1 is 1.21 bits per heavy atom. The molecule has 1 atom stereocenters. The fourth-order valence-corrected chi connectivity index (χ4v) is 3.89. The maximum absolute atomic E-state index is 12.6. The molecule has 0 radical (unpaired) electrons. The summed E-state index contributed by atoms with van der Waals surface area (Å²) in [5, 5.41) is 3.49. The number of H-pyrrole nitrogens is 1. The van der Waals surface area contributed by atoms with Crippen molar-refractivity contribution < 1.29 is 9.53 Å². The van der Waals surface area contributed by atoms with Gasteiger partial charge in [0.25, 0.3) is 5.56 Å². The standard InChI is InChI=1S/C22H23ClN2O3/c1-2-28-15-6-7-17(19(23)12-15)18(11-14-5-10-21(26)24-14)20-9-8-16(13-3-4-13)22(27)25-20/h6-9,11-14H,2-5,10H2,1H3,(H,24,26)(H,25,27)/b18-11-/t14-/m1/s1. The third kappa shape index (κ3) is 3.99. The third-order valence-electron chi connectivity index (χ3n) is 5.19. The molecule has 6 heteroatoms. The molecule has 1 saturated carbocycles. The number of amides is 1. The number of hydrogen-bond acceptors (Lipinski definition) is 3. The lowest BCUT2D eigenvalue weighted by molar-refractivity contribution is -0.119. The van der Waals surface area contributed by atoms with Gasteiger partial charge in [0.15, 0.2) is 0 Å². The van der Waals surface area contributed by atoms with E-state index >= 15 is 0 Å². The number of ether oxygens (including phenoxy) is 1. The second kappa shape index (κ2) is 7.84. The zero-order chi connectivity index (χ0) is 19.7. The fourth-order valence-electron chi connectivity index (χ4n) is 3.62. The van der Waals surface area contributed by atoms with Crippen molar-refractivity contribution in [2.45, 2.75) is 44.6 Å². The number of halogens is 1. The highest BCUT2D eigenvalue weighted by molar-refractivity contribution is 6.32. The minimum Gasteiger partial charge on any atom is -0.494 e. The molecule has 5 nitrogen and oxygen atoms in total. The molecular weight excluding hydrogens is 376 g/mol. The lowest BCUT2D eigenvalue weighted by atomic mass is 9.98. The molecule has 28 heavy (non-hydrogen) atoms. The number of carbonyl (C=O) groups is 1. The molecule has 0 bridgehead atoms. The van der Waals surface area contributed by atoms with E-state index < -0.39 is 0 Å². The molecule has 1 aliphatic carbocycles. The third-order valence-corrected chi connectivity index (χ3v) is 5.50. The highest BCUT2D eigenvalue weighted by Crippen LogP contribution is 2.39. The van der Waals surface area contributed by atoms with Crippen LogP contribution in [0, 0.1) is 0 Å². The molecule has 4 rings (SSSR count). The summed E-state index contributed by atoms with van der Waals surface area (Å²) in [5.74, 6) is 1.12. The van der Waals surface area contributed by atoms with Gasteiger partial charge in [-0.3, -0.25) is 9.59 Å². The van der Waals surface area contributed by atoms with Crippen molar-refractivity contribution in [1.29, 1.82) is 0 Å². The Morgan fingerprint density at radius 2 is 2.04 bits per heavy atom. The Balaban J connectivity index is 1.76. The molecule has 2 heterocycles. The van der Waals surface area contributed by atoms with Gasteiger partial charge in [-0.25, -0.2) is 0 Å². The number of rotatable bonds is 6. The van der Waals surface area contributed by atoms with Crippen molar-refractivity contribution >= 4 is 23.1 Å². The van der Waals surface area contributed by atoms with Gasteiger partial charge in [0, 0.05) is 34.9 Å². The van der Waals surface area contributed by atoms with Crippen molar-refractivity contribution in [3.63, 3.8) is 0 Å². The smallest absolute Gasteiger partial charge is 0.251 e. The molecular formula is C22H23ClN2O3. The van der Waals surface area contributed by atoms with Crippen LogP contribution in [-0.4, -0.2) is 23.5 Å². The minimum absolute atomic E-state index is 0.0379. The predicted octanol–water partition coefficient (Wildman–Crippen LogP) is 4.01. The average molecular weight is 399 g/mol. The van der Waals surface area contributed by atoms with E-state index in [2.05, 4.69) is 10.3 Å². The topological polar surface area (TPSA) is 71.2 Å². The molecule has 1 amide bonds. The highest BCUT2D eigenvalue weighted by Gasteiger charge is 2.27. The first-order valence-electron chi connectivity index (χ1n) is 9.72. The van der Waals surface area contributed by atoms with E-state index in [1.807, 2.05) is 37.3 Å². The van der Waals surface area contributed by atoms with Gasteiger partial charge in [-0.1, -0.05) is 23.7 Å². The largest absolute Gasteiger partial charge is 0.494 e. The van der Waals surface area contributed by atoms with Gasteiger partial charge in [0.1, 0.15) is 5.75 Å². The predicted molar refractivity (Wildman–Crippen MR) is 110 cm³/mol. The molecule has 0 spiro atoms. The molecule has 1 saturated heterocycles. The van der Waals surface area contributed by atoms with Crippen molar-refractivity contribution in [2.75, 3.05) is 6.61 Å². The summed E-state index contributed by atoms with van der Waals surface area (Å²) in [6, 6.07) is 9.29. The first-order valence-corrected chi connectivity index (χ1v) is 10.1. The van der Waals surface area contributed by atoms with E-state index in [0.717, 1.165) is 36.0 Å². The zero-order valence-corrected chi connectivity index (χ0v) is 16.5. The summed E-state index contributed by atoms with van der Waals surface area (Å²) in [6.45, 7) is 2.48. The van der Waals surface area contributed by atoms with Gasteiger partial charge < -0.3 is 15.0 Å². The van der Waals surface area contributed by atoms with Crippen LogP contribution in [0.15, 0.2) is 41.2 Å². The zero-order valence-electron chi connectivity index (χ0n) is 15.8. The van der Waals surface area contributed by atoms with E-state index in [0.29, 0.717) is 35.4 Å². The molecule has 2 aliphatic rings. The van der Waals surface area contributed by atoms with E-state index in [1.165, 1.54) is 0 Å². The normalized spacial score (nSPS) is 19.6. The lowest BCUT2D eigenvalue weighted by Crippen LogP contribution is -2.23. The number of aromatic amines is 1. The van der Waals surface area contributed by atoms with Crippen molar-refractivity contribution in [3.05, 3.63) is 68.6 Å². The van der Waals surface area contributed by atoms with Gasteiger partial charge in [-0.2, -0.15) is 0 Å². The molecule has 1 aromatic heterocycles. The van der Waals surface area contributed by atoms with Crippen LogP contribution in [0.5, 0.6) is 5.75 Å². The minimum atomic E-state index is -0.0863. The molecule has 2 N–H and O–H groups in total. The first-order chi connectivity index (χ1) is 13.5. The van der Waals surface area contributed by atoms with Crippen LogP contribution < -0.4 is 15.6 Å². The second-order valence-electron chi connectivity index (χ2n) is 7.30.